The number of piperazine rings is 1. The number of benzene rings is 1. The average Bonchev–Trinajstić information content (AvgIpc) is 3.22. The van der Waals surface area contributed by atoms with E-state index in [4.69, 9.17) is 4.74 Å². The maximum absolute atomic E-state index is 13.7. The van der Waals surface area contributed by atoms with Gasteiger partial charge in [-0.3, -0.25) is 9.79 Å². The summed E-state index contributed by atoms with van der Waals surface area (Å²) in [6.45, 7) is 3.58. The van der Waals surface area contributed by atoms with E-state index in [1.54, 1.807) is 7.05 Å². The van der Waals surface area contributed by atoms with Crippen molar-refractivity contribution < 1.29 is 18.3 Å². The molecular formula is C19H26F2N4O2. The molecular weight excluding hydrogens is 354 g/mol. The van der Waals surface area contributed by atoms with E-state index in [1.807, 2.05) is 4.90 Å². The van der Waals surface area contributed by atoms with Crippen LogP contribution in [0, 0.1) is 11.6 Å². The number of hydrogen-bond acceptors (Lipinski definition) is 3. The van der Waals surface area contributed by atoms with Crippen LogP contribution in [0.4, 0.5) is 8.78 Å². The van der Waals surface area contributed by atoms with Crippen LogP contribution < -0.4 is 5.32 Å². The highest BCUT2D eigenvalue weighted by Crippen LogP contribution is 2.16. The van der Waals surface area contributed by atoms with Crippen molar-refractivity contribution in [3.63, 3.8) is 0 Å². The van der Waals surface area contributed by atoms with Crippen molar-refractivity contribution in [3.8, 4) is 0 Å². The molecule has 0 bridgehead atoms. The monoisotopic (exact) mass is 380 g/mol. The van der Waals surface area contributed by atoms with Crippen molar-refractivity contribution in [2.45, 2.75) is 25.4 Å². The normalized spacial score (nSPS) is 20.9. The predicted molar refractivity (Wildman–Crippen MR) is 98.6 cm³/mol. The summed E-state index contributed by atoms with van der Waals surface area (Å²) in [4.78, 5) is 20.5. The van der Waals surface area contributed by atoms with E-state index in [2.05, 4.69) is 15.2 Å². The lowest BCUT2D eigenvalue weighted by Crippen LogP contribution is -2.55. The Balaban J connectivity index is 1.47. The van der Waals surface area contributed by atoms with Crippen LogP contribution in [0.2, 0.25) is 0 Å². The summed E-state index contributed by atoms with van der Waals surface area (Å²) < 4.78 is 32.9. The molecule has 2 aliphatic heterocycles. The van der Waals surface area contributed by atoms with Crippen LogP contribution in [0.15, 0.2) is 23.2 Å². The number of guanidine groups is 1. The molecule has 3 rings (SSSR count). The SMILES string of the molecule is CN=C(NCCc1c(F)cccc1F)N1CCN(C(=O)C2CCCO2)CC1. The van der Waals surface area contributed by atoms with Crippen molar-refractivity contribution >= 4 is 11.9 Å². The first-order chi connectivity index (χ1) is 13.1. The van der Waals surface area contributed by atoms with E-state index in [1.165, 1.54) is 18.2 Å². The highest BCUT2D eigenvalue weighted by molar-refractivity contribution is 5.82. The molecule has 1 aromatic carbocycles. The van der Waals surface area contributed by atoms with Crippen LogP contribution in [-0.4, -0.2) is 74.1 Å². The fourth-order valence-electron chi connectivity index (χ4n) is 3.52. The van der Waals surface area contributed by atoms with E-state index in [9.17, 15) is 13.6 Å². The topological polar surface area (TPSA) is 57.2 Å². The second kappa shape index (κ2) is 9.12. The predicted octanol–water partition coefficient (Wildman–Crippen LogP) is 1.41. The summed E-state index contributed by atoms with van der Waals surface area (Å²) in [7, 11) is 1.68. The van der Waals surface area contributed by atoms with Gasteiger partial charge in [-0.2, -0.15) is 0 Å². The second-order valence-corrected chi connectivity index (χ2v) is 6.74. The zero-order valence-electron chi connectivity index (χ0n) is 15.6. The highest BCUT2D eigenvalue weighted by Gasteiger charge is 2.30. The molecule has 2 aliphatic rings. The first kappa shape index (κ1) is 19.5. The van der Waals surface area contributed by atoms with Gasteiger partial charge in [0.05, 0.1) is 0 Å². The number of carbonyl (C=O) groups is 1. The van der Waals surface area contributed by atoms with Gasteiger partial charge in [0.1, 0.15) is 17.7 Å². The molecule has 2 heterocycles. The van der Waals surface area contributed by atoms with Gasteiger partial charge in [-0.15, -0.1) is 0 Å². The van der Waals surface area contributed by atoms with E-state index >= 15 is 0 Å². The Hall–Kier alpha value is -2.22. The third-order valence-electron chi connectivity index (χ3n) is 5.03. The van der Waals surface area contributed by atoms with E-state index in [-0.39, 0.29) is 24.0 Å². The average molecular weight is 380 g/mol. The number of hydrogen-bond donors (Lipinski definition) is 1. The van der Waals surface area contributed by atoms with Gasteiger partial charge >= 0.3 is 0 Å². The van der Waals surface area contributed by atoms with Crippen LogP contribution in [0.1, 0.15) is 18.4 Å². The maximum Gasteiger partial charge on any atom is 0.251 e. The molecule has 2 saturated heterocycles. The lowest BCUT2D eigenvalue weighted by molar-refractivity contribution is -0.142. The van der Waals surface area contributed by atoms with Gasteiger partial charge in [0.15, 0.2) is 5.96 Å². The summed E-state index contributed by atoms with van der Waals surface area (Å²) in [6.07, 6.45) is 1.68. The molecule has 2 fully saturated rings. The van der Waals surface area contributed by atoms with Crippen molar-refractivity contribution in [1.82, 2.24) is 15.1 Å². The molecule has 1 N–H and O–H groups in total. The van der Waals surface area contributed by atoms with Gasteiger partial charge in [-0.05, 0) is 31.4 Å². The molecule has 148 valence electrons. The number of nitrogens with one attached hydrogen (secondary N) is 1. The van der Waals surface area contributed by atoms with Crippen LogP contribution in [0.5, 0.6) is 0 Å². The third kappa shape index (κ3) is 4.74. The van der Waals surface area contributed by atoms with E-state index < -0.39 is 11.6 Å². The minimum Gasteiger partial charge on any atom is -0.368 e. The lowest BCUT2D eigenvalue weighted by Gasteiger charge is -2.37. The highest BCUT2D eigenvalue weighted by atomic mass is 19.1. The Kier molecular flexibility index (Phi) is 6.60. The van der Waals surface area contributed by atoms with Crippen LogP contribution in [0.3, 0.4) is 0 Å². The van der Waals surface area contributed by atoms with Gasteiger partial charge in [0.2, 0.25) is 0 Å². The minimum absolute atomic E-state index is 0.0742. The Morgan fingerprint density at radius 3 is 2.48 bits per heavy atom. The summed E-state index contributed by atoms with van der Waals surface area (Å²) in [6, 6.07) is 3.88. The van der Waals surface area contributed by atoms with Gasteiger partial charge < -0.3 is 19.9 Å². The van der Waals surface area contributed by atoms with Crippen molar-refractivity contribution in [1.29, 1.82) is 0 Å². The molecule has 0 radical (unpaired) electrons. The summed E-state index contributed by atoms with van der Waals surface area (Å²) in [5, 5.41) is 3.16. The van der Waals surface area contributed by atoms with Crippen molar-refractivity contribution in [3.05, 3.63) is 35.4 Å². The molecule has 1 amide bonds. The second-order valence-electron chi connectivity index (χ2n) is 6.74. The fourth-order valence-corrected chi connectivity index (χ4v) is 3.52. The Morgan fingerprint density at radius 2 is 1.89 bits per heavy atom. The molecule has 1 atom stereocenters. The Bertz CT molecular complexity index is 664. The minimum atomic E-state index is -0.534. The number of rotatable bonds is 4. The van der Waals surface area contributed by atoms with Crippen molar-refractivity contribution in [2.24, 2.45) is 4.99 Å². The molecule has 6 nitrogen and oxygen atoms in total. The summed E-state index contributed by atoms with van der Waals surface area (Å²) in [5.41, 5.74) is 0.0763. The van der Waals surface area contributed by atoms with Crippen molar-refractivity contribution in [2.75, 3.05) is 46.4 Å². The van der Waals surface area contributed by atoms with Gasteiger partial charge in [-0.25, -0.2) is 8.78 Å². The number of amides is 1. The largest absolute Gasteiger partial charge is 0.368 e. The Labute approximate surface area is 158 Å². The van der Waals surface area contributed by atoms with Gasteiger partial charge in [0.25, 0.3) is 5.91 Å². The molecule has 0 aromatic heterocycles. The molecule has 8 heteroatoms. The number of nitrogens with zero attached hydrogens (tertiary/aromatic N) is 3. The standard InChI is InChI=1S/C19H26F2N4O2/c1-22-19(23-8-7-14-15(20)4-2-5-16(14)21)25-11-9-24(10-12-25)18(26)17-6-3-13-27-17/h2,4-5,17H,3,6-13H2,1H3,(H,22,23). The maximum atomic E-state index is 13.7. The van der Waals surface area contributed by atoms with Gasteiger partial charge in [0, 0.05) is 51.9 Å². The molecule has 0 aliphatic carbocycles. The van der Waals surface area contributed by atoms with Crippen LogP contribution in [0.25, 0.3) is 0 Å². The first-order valence-corrected chi connectivity index (χ1v) is 9.39. The summed E-state index contributed by atoms with van der Waals surface area (Å²) >= 11 is 0. The fraction of sp³-hybridized carbons (Fsp3) is 0.579. The number of ether oxygens (including phenoxy) is 1. The molecule has 0 saturated carbocycles. The number of aliphatic imine (C=N–C) groups is 1. The zero-order chi connectivity index (χ0) is 19.2. The smallest absolute Gasteiger partial charge is 0.251 e. The third-order valence-corrected chi connectivity index (χ3v) is 5.03. The summed E-state index contributed by atoms with van der Waals surface area (Å²) in [5.74, 6) is -0.317. The van der Waals surface area contributed by atoms with E-state index in [0.717, 1.165) is 12.8 Å². The van der Waals surface area contributed by atoms with Crippen LogP contribution >= 0.6 is 0 Å². The molecule has 1 aromatic rings. The van der Waals surface area contributed by atoms with Crippen LogP contribution in [-0.2, 0) is 16.0 Å². The first-order valence-electron chi connectivity index (χ1n) is 9.39. The molecule has 1 unspecified atom stereocenters. The van der Waals surface area contributed by atoms with E-state index in [0.29, 0.717) is 45.3 Å². The van der Waals surface area contributed by atoms with Gasteiger partial charge in [-0.1, -0.05) is 6.07 Å². The quantitative estimate of drug-likeness (QED) is 0.634. The molecule has 0 spiro atoms. The number of halogens is 2. The Morgan fingerprint density at radius 1 is 1.22 bits per heavy atom. The molecule has 27 heavy (non-hydrogen) atoms. The zero-order valence-corrected chi connectivity index (χ0v) is 15.6. The lowest BCUT2D eigenvalue weighted by atomic mass is 10.1. The number of carbonyl (C=O) groups excluding carboxylic acids is 1.